The van der Waals surface area contributed by atoms with Crippen LogP contribution in [-0.4, -0.2) is 7.11 Å². The van der Waals surface area contributed by atoms with E-state index >= 15 is 0 Å². The van der Waals surface area contributed by atoms with Crippen LogP contribution >= 0.6 is 0 Å². The molecule has 100 valence electrons. The maximum Gasteiger partial charge on any atom is 0.161 e. The van der Waals surface area contributed by atoms with Crippen LogP contribution in [0.2, 0.25) is 0 Å². The maximum atomic E-state index is 13.8. The third-order valence-corrected chi connectivity index (χ3v) is 2.81. The Morgan fingerprint density at radius 1 is 1.11 bits per heavy atom. The highest BCUT2D eigenvalue weighted by atomic mass is 19.1. The molecule has 0 aromatic heterocycles. The molecule has 0 aliphatic heterocycles. The van der Waals surface area contributed by atoms with Crippen LogP contribution in [0.25, 0.3) is 0 Å². The molecule has 0 atom stereocenters. The Labute approximate surface area is 111 Å². The quantitative estimate of drug-likeness (QED) is 0.900. The van der Waals surface area contributed by atoms with Crippen molar-refractivity contribution in [3.63, 3.8) is 0 Å². The van der Waals surface area contributed by atoms with Crippen LogP contribution in [0, 0.1) is 5.82 Å². The van der Waals surface area contributed by atoms with Crippen LogP contribution in [0.15, 0.2) is 42.5 Å². The van der Waals surface area contributed by atoms with Gasteiger partial charge in [0.1, 0.15) is 12.4 Å². The fraction of sp³-hybridized carbons (Fsp3) is 0.200. The Balaban J connectivity index is 2.10. The summed E-state index contributed by atoms with van der Waals surface area (Å²) in [7, 11) is 1.57. The standard InChI is InChI=1S/C15H16FNO2/c1-18-14-4-2-3-5-15(14)19-10-12-7-6-11(9-17)8-13(12)16/h2-8H,9-10,17H2,1H3. The van der Waals surface area contributed by atoms with E-state index in [-0.39, 0.29) is 12.4 Å². The van der Waals surface area contributed by atoms with Crippen molar-refractivity contribution < 1.29 is 13.9 Å². The van der Waals surface area contributed by atoms with Crippen LogP contribution in [0.1, 0.15) is 11.1 Å². The summed E-state index contributed by atoms with van der Waals surface area (Å²) in [5.74, 6) is 0.909. The topological polar surface area (TPSA) is 44.5 Å². The molecule has 2 aromatic carbocycles. The van der Waals surface area contributed by atoms with Crippen molar-refractivity contribution in [3.05, 3.63) is 59.4 Å². The van der Waals surface area contributed by atoms with Crippen LogP contribution in [-0.2, 0) is 13.2 Å². The second kappa shape index (κ2) is 6.20. The van der Waals surface area contributed by atoms with Crippen LogP contribution in [0.3, 0.4) is 0 Å². The van der Waals surface area contributed by atoms with E-state index in [2.05, 4.69) is 0 Å². The number of methoxy groups -OCH3 is 1. The summed E-state index contributed by atoms with van der Waals surface area (Å²) < 4.78 is 24.5. The molecule has 2 rings (SSSR count). The first kappa shape index (κ1) is 13.4. The molecule has 0 amide bonds. The third-order valence-electron chi connectivity index (χ3n) is 2.81. The van der Waals surface area contributed by atoms with Crippen LogP contribution in [0.5, 0.6) is 11.5 Å². The second-order valence-corrected chi connectivity index (χ2v) is 4.07. The van der Waals surface area contributed by atoms with E-state index in [9.17, 15) is 4.39 Å². The smallest absolute Gasteiger partial charge is 0.161 e. The van der Waals surface area contributed by atoms with E-state index in [0.717, 1.165) is 5.56 Å². The number of hydrogen-bond donors (Lipinski definition) is 1. The molecule has 0 aliphatic carbocycles. The minimum absolute atomic E-state index is 0.150. The summed E-state index contributed by atoms with van der Waals surface area (Å²) in [6.45, 7) is 0.474. The molecular formula is C15H16FNO2. The van der Waals surface area contributed by atoms with Gasteiger partial charge in [0.05, 0.1) is 7.11 Å². The average Bonchev–Trinajstić information content (AvgIpc) is 2.46. The summed E-state index contributed by atoms with van der Waals surface area (Å²) in [4.78, 5) is 0. The van der Waals surface area contributed by atoms with Gasteiger partial charge in [-0.3, -0.25) is 0 Å². The van der Waals surface area contributed by atoms with Crippen LogP contribution < -0.4 is 15.2 Å². The number of para-hydroxylation sites is 2. The van der Waals surface area contributed by atoms with Crippen LogP contribution in [0.4, 0.5) is 4.39 Å². The van der Waals surface area contributed by atoms with Crippen molar-refractivity contribution in [2.75, 3.05) is 7.11 Å². The van der Waals surface area contributed by atoms with Crippen molar-refractivity contribution in [3.8, 4) is 11.5 Å². The Kier molecular flexibility index (Phi) is 4.36. The van der Waals surface area contributed by atoms with Gasteiger partial charge in [0.25, 0.3) is 0 Å². The Bertz CT molecular complexity index is 558. The highest BCUT2D eigenvalue weighted by Gasteiger charge is 2.07. The third kappa shape index (κ3) is 3.23. The minimum Gasteiger partial charge on any atom is -0.493 e. The Morgan fingerprint density at radius 2 is 1.84 bits per heavy atom. The zero-order valence-corrected chi connectivity index (χ0v) is 10.7. The van der Waals surface area contributed by atoms with Crippen molar-refractivity contribution in [2.24, 2.45) is 5.73 Å². The van der Waals surface area contributed by atoms with Gasteiger partial charge in [-0.1, -0.05) is 24.3 Å². The average molecular weight is 261 g/mol. The number of benzene rings is 2. The van der Waals surface area contributed by atoms with Crippen molar-refractivity contribution in [1.29, 1.82) is 0 Å². The predicted octanol–water partition coefficient (Wildman–Crippen LogP) is 2.87. The van der Waals surface area contributed by atoms with Gasteiger partial charge in [-0.05, 0) is 23.8 Å². The fourth-order valence-electron chi connectivity index (χ4n) is 1.73. The molecule has 0 saturated heterocycles. The van der Waals surface area contributed by atoms with Gasteiger partial charge in [-0.25, -0.2) is 4.39 Å². The molecule has 0 aliphatic rings. The second-order valence-electron chi connectivity index (χ2n) is 4.07. The lowest BCUT2D eigenvalue weighted by Crippen LogP contribution is -2.02. The minimum atomic E-state index is -0.308. The molecule has 4 heteroatoms. The first-order chi connectivity index (χ1) is 9.24. The maximum absolute atomic E-state index is 13.8. The van der Waals surface area contributed by atoms with E-state index in [1.165, 1.54) is 6.07 Å². The number of ether oxygens (including phenoxy) is 2. The van der Waals surface area contributed by atoms with Gasteiger partial charge in [0.2, 0.25) is 0 Å². The number of rotatable bonds is 5. The van der Waals surface area contributed by atoms with Gasteiger partial charge in [0.15, 0.2) is 11.5 Å². The largest absolute Gasteiger partial charge is 0.493 e. The molecule has 0 radical (unpaired) electrons. The molecule has 3 nitrogen and oxygen atoms in total. The lowest BCUT2D eigenvalue weighted by atomic mass is 10.1. The predicted molar refractivity (Wildman–Crippen MR) is 71.6 cm³/mol. The summed E-state index contributed by atoms with van der Waals surface area (Å²) in [5.41, 5.74) is 6.71. The molecule has 2 aromatic rings. The molecule has 0 unspecified atom stereocenters. The lowest BCUT2D eigenvalue weighted by molar-refractivity contribution is 0.279. The monoisotopic (exact) mass is 261 g/mol. The first-order valence-corrected chi connectivity index (χ1v) is 5.97. The molecule has 0 spiro atoms. The highest BCUT2D eigenvalue weighted by molar-refractivity contribution is 5.39. The molecular weight excluding hydrogens is 245 g/mol. The summed E-state index contributed by atoms with van der Waals surface area (Å²) >= 11 is 0. The summed E-state index contributed by atoms with van der Waals surface area (Å²) in [6.07, 6.45) is 0. The fourth-order valence-corrected chi connectivity index (χ4v) is 1.73. The highest BCUT2D eigenvalue weighted by Crippen LogP contribution is 2.26. The van der Waals surface area contributed by atoms with Gasteiger partial charge in [-0.2, -0.15) is 0 Å². The number of nitrogens with two attached hydrogens (primary N) is 1. The van der Waals surface area contributed by atoms with Crippen molar-refractivity contribution >= 4 is 0 Å². The van der Waals surface area contributed by atoms with E-state index in [0.29, 0.717) is 23.6 Å². The molecule has 19 heavy (non-hydrogen) atoms. The van der Waals surface area contributed by atoms with Gasteiger partial charge in [0, 0.05) is 12.1 Å². The molecule has 0 bridgehead atoms. The Morgan fingerprint density at radius 3 is 2.47 bits per heavy atom. The molecule has 0 heterocycles. The zero-order valence-electron chi connectivity index (χ0n) is 10.7. The number of hydrogen-bond acceptors (Lipinski definition) is 3. The van der Waals surface area contributed by atoms with Crippen molar-refractivity contribution in [1.82, 2.24) is 0 Å². The summed E-state index contributed by atoms with van der Waals surface area (Å²) in [5, 5.41) is 0. The van der Waals surface area contributed by atoms with E-state index < -0.39 is 0 Å². The van der Waals surface area contributed by atoms with Gasteiger partial charge >= 0.3 is 0 Å². The SMILES string of the molecule is COc1ccccc1OCc1ccc(CN)cc1F. The van der Waals surface area contributed by atoms with Crippen molar-refractivity contribution in [2.45, 2.75) is 13.2 Å². The molecule has 0 saturated carbocycles. The molecule has 0 fully saturated rings. The summed E-state index contributed by atoms with van der Waals surface area (Å²) in [6, 6.07) is 12.2. The van der Waals surface area contributed by atoms with Gasteiger partial charge < -0.3 is 15.2 Å². The van der Waals surface area contributed by atoms with E-state index in [1.54, 1.807) is 31.4 Å². The van der Waals surface area contributed by atoms with E-state index in [4.69, 9.17) is 15.2 Å². The van der Waals surface area contributed by atoms with Gasteiger partial charge in [-0.15, -0.1) is 0 Å². The molecule has 2 N–H and O–H groups in total. The van der Waals surface area contributed by atoms with E-state index in [1.807, 2.05) is 12.1 Å². The zero-order chi connectivity index (χ0) is 13.7. The first-order valence-electron chi connectivity index (χ1n) is 5.97. The Hall–Kier alpha value is -2.07. The normalized spacial score (nSPS) is 10.3. The number of halogens is 1. The lowest BCUT2D eigenvalue weighted by Gasteiger charge is -2.11.